The van der Waals surface area contributed by atoms with Crippen LogP contribution in [-0.2, 0) is 13.6 Å². The number of hydrogen-bond acceptors (Lipinski definition) is 3. The molecule has 0 aliphatic heterocycles. The minimum atomic E-state index is -0.356. The molecule has 0 radical (unpaired) electrons. The molecule has 0 fully saturated rings. The lowest BCUT2D eigenvalue weighted by Gasteiger charge is -2.26. The van der Waals surface area contributed by atoms with Crippen molar-refractivity contribution >= 4 is 17.3 Å². The zero-order valence-corrected chi connectivity index (χ0v) is 12.6. The van der Waals surface area contributed by atoms with Crippen LogP contribution < -0.4 is 4.90 Å². The number of aromatic nitrogens is 2. The molecule has 4 nitrogen and oxygen atoms in total. The van der Waals surface area contributed by atoms with E-state index in [0.29, 0.717) is 18.2 Å². The Morgan fingerprint density at radius 2 is 2.05 bits per heavy atom. The van der Waals surface area contributed by atoms with Crippen LogP contribution in [0, 0.1) is 0 Å². The SMILES string of the molecule is CCC(O)CN(Cc1ncc(Cl)n1C)c1ccccc1. The Morgan fingerprint density at radius 3 is 2.60 bits per heavy atom. The fraction of sp³-hybridized carbons (Fsp3) is 0.400. The van der Waals surface area contributed by atoms with E-state index in [-0.39, 0.29) is 6.10 Å². The Labute approximate surface area is 124 Å². The molecule has 0 saturated carbocycles. The number of para-hydroxylation sites is 1. The zero-order valence-electron chi connectivity index (χ0n) is 11.8. The minimum Gasteiger partial charge on any atom is -0.391 e. The summed E-state index contributed by atoms with van der Waals surface area (Å²) in [6.07, 6.45) is 2.02. The molecule has 1 heterocycles. The van der Waals surface area contributed by atoms with Gasteiger partial charge in [-0.3, -0.25) is 0 Å². The maximum atomic E-state index is 9.95. The number of nitrogens with zero attached hydrogens (tertiary/aromatic N) is 3. The van der Waals surface area contributed by atoms with Gasteiger partial charge in [-0.15, -0.1) is 0 Å². The molecule has 0 saturated heterocycles. The maximum Gasteiger partial charge on any atom is 0.129 e. The number of benzene rings is 1. The van der Waals surface area contributed by atoms with Gasteiger partial charge in [0.25, 0.3) is 0 Å². The standard InChI is InChI=1S/C15H20ClN3O/c1-3-13(20)10-19(12-7-5-4-6-8-12)11-15-17-9-14(16)18(15)2/h4-9,13,20H,3,10-11H2,1-2H3. The lowest BCUT2D eigenvalue weighted by molar-refractivity contribution is 0.175. The monoisotopic (exact) mass is 293 g/mol. The molecule has 0 spiro atoms. The summed E-state index contributed by atoms with van der Waals surface area (Å²) in [5.41, 5.74) is 1.07. The van der Waals surface area contributed by atoms with Crippen molar-refractivity contribution < 1.29 is 5.11 Å². The Morgan fingerprint density at radius 1 is 1.35 bits per heavy atom. The van der Waals surface area contributed by atoms with Crippen LogP contribution in [0.2, 0.25) is 5.15 Å². The molecule has 0 amide bonds. The summed E-state index contributed by atoms with van der Waals surface area (Å²) in [7, 11) is 1.89. The Hall–Kier alpha value is -1.52. The Bertz CT molecular complexity index is 541. The highest BCUT2D eigenvalue weighted by atomic mass is 35.5. The summed E-state index contributed by atoms with van der Waals surface area (Å²) in [4.78, 5) is 6.44. The van der Waals surface area contributed by atoms with Crippen molar-refractivity contribution in [2.45, 2.75) is 26.0 Å². The first-order valence-electron chi connectivity index (χ1n) is 6.76. The van der Waals surface area contributed by atoms with E-state index < -0.39 is 0 Å². The zero-order chi connectivity index (χ0) is 14.5. The molecule has 2 aromatic rings. The molecule has 1 aromatic carbocycles. The van der Waals surface area contributed by atoms with Crippen molar-refractivity contribution in [1.82, 2.24) is 9.55 Å². The van der Waals surface area contributed by atoms with E-state index in [0.717, 1.165) is 17.9 Å². The molecular weight excluding hydrogens is 274 g/mol. The molecular formula is C15H20ClN3O. The van der Waals surface area contributed by atoms with Crippen LogP contribution in [0.25, 0.3) is 0 Å². The van der Waals surface area contributed by atoms with Crippen LogP contribution in [0.1, 0.15) is 19.2 Å². The molecule has 0 aliphatic rings. The molecule has 5 heteroatoms. The van der Waals surface area contributed by atoms with Gasteiger partial charge in [-0.2, -0.15) is 0 Å². The average Bonchev–Trinajstić information content (AvgIpc) is 2.79. The van der Waals surface area contributed by atoms with E-state index >= 15 is 0 Å². The first-order chi connectivity index (χ1) is 9.61. The predicted molar refractivity (Wildman–Crippen MR) is 82.0 cm³/mol. The van der Waals surface area contributed by atoms with Gasteiger partial charge in [-0.25, -0.2) is 4.98 Å². The van der Waals surface area contributed by atoms with Gasteiger partial charge in [0.1, 0.15) is 11.0 Å². The van der Waals surface area contributed by atoms with E-state index in [9.17, 15) is 5.11 Å². The number of aliphatic hydroxyl groups excluding tert-OH is 1. The molecule has 1 atom stereocenters. The van der Waals surface area contributed by atoms with Crippen LogP contribution >= 0.6 is 11.6 Å². The fourth-order valence-corrected chi connectivity index (χ4v) is 2.17. The number of anilines is 1. The van der Waals surface area contributed by atoms with Gasteiger partial charge in [0.05, 0.1) is 18.8 Å². The lowest BCUT2D eigenvalue weighted by Crippen LogP contribution is -2.32. The van der Waals surface area contributed by atoms with Crippen molar-refractivity contribution in [3.8, 4) is 0 Å². The smallest absolute Gasteiger partial charge is 0.129 e. The van der Waals surface area contributed by atoms with Crippen molar-refractivity contribution in [1.29, 1.82) is 0 Å². The third-order valence-corrected chi connectivity index (χ3v) is 3.73. The van der Waals surface area contributed by atoms with E-state index in [1.165, 1.54) is 0 Å². The van der Waals surface area contributed by atoms with Gasteiger partial charge in [-0.05, 0) is 18.6 Å². The average molecular weight is 294 g/mol. The summed E-state index contributed by atoms with van der Waals surface area (Å²) in [5.74, 6) is 0.877. The molecule has 1 unspecified atom stereocenters. The van der Waals surface area contributed by atoms with Gasteiger partial charge >= 0.3 is 0 Å². The quantitative estimate of drug-likeness (QED) is 0.890. The molecule has 0 aliphatic carbocycles. The first kappa shape index (κ1) is 14.9. The highest BCUT2D eigenvalue weighted by molar-refractivity contribution is 6.29. The second-order valence-electron chi connectivity index (χ2n) is 4.83. The van der Waals surface area contributed by atoms with Crippen molar-refractivity contribution in [3.05, 3.63) is 47.5 Å². The number of imidazole rings is 1. The second kappa shape index (κ2) is 6.77. The van der Waals surface area contributed by atoms with Gasteiger partial charge in [0, 0.05) is 19.3 Å². The maximum absolute atomic E-state index is 9.95. The summed E-state index contributed by atoms with van der Waals surface area (Å²) in [5, 5.41) is 10.6. The molecule has 0 bridgehead atoms. The minimum absolute atomic E-state index is 0.356. The van der Waals surface area contributed by atoms with Crippen molar-refractivity contribution in [2.24, 2.45) is 7.05 Å². The third kappa shape index (κ3) is 3.52. The third-order valence-electron chi connectivity index (χ3n) is 3.38. The fourth-order valence-electron chi connectivity index (χ4n) is 2.03. The number of halogens is 1. The van der Waals surface area contributed by atoms with E-state index in [4.69, 9.17) is 11.6 Å². The highest BCUT2D eigenvalue weighted by Crippen LogP contribution is 2.18. The van der Waals surface area contributed by atoms with Gasteiger partial charge in [-0.1, -0.05) is 36.7 Å². The summed E-state index contributed by atoms with van der Waals surface area (Å²) in [6.45, 7) is 3.17. The molecule has 108 valence electrons. The lowest BCUT2D eigenvalue weighted by atomic mass is 10.2. The van der Waals surface area contributed by atoms with Crippen LogP contribution in [0.3, 0.4) is 0 Å². The highest BCUT2D eigenvalue weighted by Gasteiger charge is 2.14. The number of hydrogen-bond donors (Lipinski definition) is 1. The Balaban J connectivity index is 2.21. The van der Waals surface area contributed by atoms with Crippen molar-refractivity contribution in [2.75, 3.05) is 11.4 Å². The topological polar surface area (TPSA) is 41.3 Å². The molecule has 1 N–H and O–H groups in total. The van der Waals surface area contributed by atoms with Crippen LogP contribution in [0.5, 0.6) is 0 Å². The molecule has 2 rings (SSSR count). The Kier molecular flexibility index (Phi) is 5.04. The van der Waals surface area contributed by atoms with E-state index in [1.54, 1.807) is 6.20 Å². The van der Waals surface area contributed by atoms with E-state index in [2.05, 4.69) is 9.88 Å². The normalized spacial score (nSPS) is 12.4. The van der Waals surface area contributed by atoms with Crippen molar-refractivity contribution in [3.63, 3.8) is 0 Å². The van der Waals surface area contributed by atoms with Gasteiger partial charge in [0.2, 0.25) is 0 Å². The van der Waals surface area contributed by atoms with Gasteiger partial charge in [0.15, 0.2) is 0 Å². The van der Waals surface area contributed by atoms with Crippen LogP contribution in [0.15, 0.2) is 36.5 Å². The van der Waals surface area contributed by atoms with Gasteiger partial charge < -0.3 is 14.6 Å². The largest absolute Gasteiger partial charge is 0.391 e. The number of rotatable bonds is 6. The summed E-state index contributed by atoms with van der Waals surface area (Å²) >= 11 is 6.02. The molecule has 1 aromatic heterocycles. The van der Waals surface area contributed by atoms with Crippen LogP contribution in [-0.4, -0.2) is 27.3 Å². The second-order valence-corrected chi connectivity index (χ2v) is 5.22. The van der Waals surface area contributed by atoms with E-state index in [1.807, 2.05) is 48.9 Å². The summed E-state index contributed by atoms with van der Waals surface area (Å²) < 4.78 is 1.86. The molecule has 20 heavy (non-hydrogen) atoms. The summed E-state index contributed by atoms with van der Waals surface area (Å²) in [6, 6.07) is 10.0. The predicted octanol–water partition coefficient (Wildman–Crippen LogP) is 2.85. The van der Waals surface area contributed by atoms with Crippen LogP contribution in [0.4, 0.5) is 5.69 Å². The number of aliphatic hydroxyl groups is 1. The first-order valence-corrected chi connectivity index (χ1v) is 7.13.